The summed E-state index contributed by atoms with van der Waals surface area (Å²) < 4.78 is 14.8. The summed E-state index contributed by atoms with van der Waals surface area (Å²) in [6, 6.07) is 8.62. The van der Waals surface area contributed by atoms with E-state index in [4.69, 9.17) is 14.5 Å². The molecule has 0 bridgehead atoms. The first-order valence-corrected chi connectivity index (χ1v) is 17.0. The SMILES string of the molecule is Cc1cc(O[C@@H]2CC(=O)N(C)C2)cc2c(=O)n(COCC[Si](C)(C)C)c(-c3cc4sccc4cn3)nc12. The van der Waals surface area contributed by atoms with Gasteiger partial charge in [-0.2, -0.15) is 0 Å². The van der Waals surface area contributed by atoms with E-state index in [0.29, 0.717) is 47.7 Å². The predicted octanol–water partition coefficient (Wildman–Crippen LogP) is 4.90. The zero-order chi connectivity index (χ0) is 26.3. The first kappa shape index (κ1) is 25.6. The Hall–Kier alpha value is -3.08. The van der Waals surface area contributed by atoms with E-state index < -0.39 is 8.07 Å². The zero-order valence-corrected chi connectivity index (χ0v) is 23.7. The van der Waals surface area contributed by atoms with E-state index >= 15 is 0 Å². The van der Waals surface area contributed by atoms with Crippen molar-refractivity contribution in [2.24, 2.45) is 0 Å². The molecule has 1 saturated heterocycles. The standard InChI is InChI=1S/C27H32N4O4SSi/c1-17-10-19(35-20-12-24(32)30(2)15-20)11-21-25(17)29-26(22-13-23-18(14-28-22)6-8-36-23)31(27(21)33)16-34-7-9-37(3,4)5/h6,8,10-11,13-14,20H,7,9,12,15-16H2,1-5H3/t20-/m1/s1. The monoisotopic (exact) mass is 536 g/mol. The smallest absolute Gasteiger partial charge is 0.263 e. The number of carbonyl (C=O) groups excluding carboxylic acids is 1. The third kappa shape index (κ3) is 5.46. The highest BCUT2D eigenvalue weighted by Gasteiger charge is 2.28. The van der Waals surface area contributed by atoms with Crippen LogP contribution in [-0.4, -0.2) is 59.7 Å². The Balaban J connectivity index is 1.56. The molecule has 1 fully saturated rings. The number of ether oxygens (including phenoxy) is 2. The number of rotatable bonds is 8. The number of pyridine rings is 1. The number of hydrogen-bond donors (Lipinski definition) is 0. The van der Waals surface area contributed by atoms with Gasteiger partial charge >= 0.3 is 0 Å². The van der Waals surface area contributed by atoms with Gasteiger partial charge in [0.1, 0.15) is 24.3 Å². The van der Waals surface area contributed by atoms with Crippen molar-refractivity contribution < 1.29 is 14.3 Å². The van der Waals surface area contributed by atoms with E-state index in [1.54, 1.807) is 33.9 Å². The van der Waals surface area contributed by atoms with Crippen LogP contribution in [0.2, 0.25) is 25.7 Å². The molecule has 1 aliphatic rings. The van der Waals surface area contributed by atoms with Crippen molar-refractivity contribution in [1.29, 1.82) is 0 Å². The minimum absolute atomic E-state index is 0.0573. The summed E-state index contributed by atoms with van der Waals surface area (Å²) in [5.41, 5.74) is 1.87. The van der Waals surface area contributed by atoms with E-state index in [0.717, 1.165) is 21.7 Å². The molecular formula is C27H32N4O4SSi. The molecule has 0 aliphatic carbocycles. The Bertz CT molecular complexity index is 1540. The summed E-state index contributed by atoms with van der Waals surface area (Å²) in [7, 11) is 0.490. The second-order valence-corrected chi connectivity index (χ2v) is 17.5. The van der Waals surface area contributed by atoms with Gasteiger partial charge in [0.05, 0.1) is 23.9 Å². The van der Waals surface area contributed by atoms with Gasteiger partial charge in [-0.05, 0) is 48.2 Å². The van der Waals surface area contributed by atoms with Gasteiger partial charge in [0, 0.05) is 38.0 Å². The number of thiophene rings is 1. The Morgan fingerprint density at radius 3 is 2.73 bits per heavy atom. The van der Waals surface area contributed by atoms with Crippen molar-refractivity contribution in [3.05, 3.63) is 51.8 Å². The lowest BCUT2D eigenvalue weighted by molar-refractivity contribution is -0.126. The fourth-order valence-corrected chi connectivity index (χ4v) is 6.01. The maximum atomic E-state index is 13.9. The van der Waals surface area contributed by atoms with E-state index in [1.165, 1.54) is 0 Å². The maximum Gasteiger partial charge on any atom is 0.263 e. The molecule has 0 N–H and O–H groups in total. The molecule has 37 heavy (non-hydrogen) atoms. The molecule has 0 unspecified atom stereocenters. The number of hydrogen-bond acceptors (Lipinski definition) is 7. The molecule has 0 spiro atoms. The summed E-state index contributed by atoms with van der Waals surface area (Å²) in [6.45, 7) is 10.0. The number of amides is 1. The number of benzene rings is 1. The van der Waals surface area contributed by atoms with Gasteiger partial charge < -0.3 is 14.4 Å². The molecular weight excluding hydrogens is 504 g/mol. The van der Waals surface area contributed by atoms with Crippen molar-refractivity contribution >= 4 is 46.3 Å². The summed E-state index contributed by atoms with van der Waals surface area (Å²) in [4.78, 5) is 37.1. The highest BCUT2D eigenvalue weighted by Crippen LogP contribution is 2.28. The number of carbonyl (C=O) groups is 1. The topological polar surface area (TPSA) is 86.5 Å². The molecule has 0 saturated carbocycles. The number of likely N-dealkylation sites (tertiary alicyclic amines) is 1. The highest BCUT2D eigenvalue weighted by molar-refractivity contribution is 7.17. The van der Waals surface area contributed by atoms with Crippen molar-refractivity contribution in [2.45, 2.75) is 51.9 Å². The van der Waals surface area contributed by atoms with Crippen LogP contribution in [0.1, 0.15) is 12.0 Å². The van der Waals surface area contributed by atoms with Crippen molar-refractivity contribution in [3.8, 4) is 17.3 Å². The van der Waals surface area contributed by atoms with Gasteiger partial charge in [-0.25, -0.2) is 4.98 Å². The van der Waals surface area contributed by atoms with E-state index in [2.05, 4.69) is 24.6 Å². The quantitative estimate of drug-likeness (QED) is 0.235. The summed E-state index contributed by atoms with van der Waals surface area (Å²) in [5, 5.41) is 3.55. The first-order chi connectivity index (χ1) is 17.6. The Kier molecular flexibility index (Phi) is 6.91. The Morgan fingerprint density at radius 2 is 2.00 bits per heavy atom. The third-order valence-electron chi connectivity index (χ3n) is 6.61. The second-order valence-electron chi connectivity index (χ2n) is 10.9. The van der Waals surface area contributed by atoms with E-state index in [-0.39, 0.29) is 24.3 Å². The molecule has 4 aromatic rings. The zero-order valence-electron chi connectivity index (χ0n) is 21.9. The molecule has 4 heterocycles. The molecule has 8 nitrogen and oxygen atoms in total. The Morgan fingerprint density at radius 1 is 1.19 bits per heavy atom. The number of aromatic nitrogens is 3. The lowest BCUT2D eigenvalue weighted by Crippen LogP contribution is -2.27. The van der Waals surface area contributed by atoms with Crippen LogP contribution in [0, 0.1) is 6.92 Å². The van der Waals surface area contributed by atoms with Crippen LogP contribution in [0.3, 0.4) is 0 Å². The largest absolute Gasteiger partial charge is 0.488 e. The minimum Gasteiger partial charge on any atom is -0.488 e. The van der Waals surface area contributed by atoms with Crippen LogP contribution in [0.4, 0.5) is 0 Å². The van der Waals surface area contributed by atoms with Crippen molar-refractivity contribution in [1.82, 2.24) is 19.4 Å². The molecule has 5 rings (SSSR count). The molecule has 1 aliphatic heterocycles. The molecule has 3 aromatic heterocycles. The van der Waals surface area contributed by atoms with Crippen molar-refractivity contribution in [3.63, 3.8) is 0 Å². The van der Waals surface area contributed by atoms with Gasteiger partial charge in [-0.3, -0.25) is 19.1 Å². The van der Waals surface area contributed by atoms with Crippen LogP contribution in [0.25, 0.3) is 32.5 Å². The Labute approximate surface area is 220 Å². The maximum absolute atomic E-state index is 13.9. The van der Waals surface area contributed by atoms with Gasteiger partial charge in [0.2, 0.25) is 5.91 Å². The fourth-order valence-electron chi connectivity index (χ4n) is 4.45. The van der Waals surface area contributed by atoms with Gasteiger partial charge in [0.15, 0.2) is 5.82 Å². The summed E-state index contributed by atoms with van der Waals surface area (Å²) in [5.74, 6) is 1.11. The molecule has 1 amide bonds. The predicted molar refractivity (Wildman–Crippen MR) is 150 cm³/mol. The van der Waals surface area contributed by atoms with Crippen LogP contribution in [-0.2, 0) is 16.3 Å². The molecule has 1 aromatic carbocycles. The third-order valence-corrected chi connectivity index (χ3v) is 9.20. The molecule has 0 radical (unpaired) electrons. The number of fused-ring (bicyclic) bond motifs is 2. The number of nitrogens with zero attached hydrogens (tertiary/aromatic N) is 4. The van der Waals surface area contributed by atoms with Crippen LogP contribution < -0.4 is 10.3 Å². The molecule has 1 atom stereocenters. The van der Waals surface area contributed by atoms with E-state index in [9.17, 15) is 9.59 Å². The summed E-state index contributed by atoms with van der Waals surface area (Å²) in [6.07, 6.45) is 1.91. The fraction of sp³-hybridized carbons (Fsp3) is 0.407. The number of likely N-dealkylation sites (N-methyl/N-ethyl adjacent to an activating group) is 1. The highest BCUT2D eigenvalue weighted by atomic mass is 32.1. The van der Waals surface area contributed by atoms with Gasteiger partial charge in [0.25, 0.3) is 5.56 Å². The lowest BCUT2D eigenvalue weighted by atomic mass is 10.1. The molecule has 10 heteroatoms. The van der Waals surface area contributed by atoms with Crippen LogP contribution >= 0.6 is 11.3 Å². The minimum atomic E-state index is -1.28. The summed E-state index contributed by atoms with van der Waals surface area (Å²) >= 11 is 1.63. The normalized spacial score (nSPS) is 16.3. The average molecular weight is 537 g/mol. The van der Waals surface area contributed by atoms with Gasteiger partial charge in [-0.15, -0.1) is 11.3 Å². The second kappa shape index (κ2) is 10.00. The van der Waals surface area contributed by atoms with Crippen molar-refractivity contribution in [2.75, 3.05) is 20.2 Å². The van der Waals surface area contributed by atoms with Gasteiger partial charge in [-0.1, -0.05) is 19.6 Å². The number of aryl methyl sites for hydroxylation is 1. The lowest BCUT2D eigenvalue weighted by Gasteiger charge is -2.18. The molecule has 194 valence electrons. The van der Waals surface area contributed by atoms with Crippen LogP contribution in [0.15, 0.2) is 40.6 Å². The first-order valence-electron chi connectivity index (χ1n) is 12.5. The van der Waals surface area contributed by atoms with E-state index in [1.807, 2.05) is 36.7 Å². The van der Waals surface area contributed by atoms with Crippen LogP contribution in [0.5, 0.6) is 5.75 Å². The average Bonchev–Trinajstić information content (AvgIpc) is 3.42.